The predicted molar refractivity (Wildman–Crippen MR) is 49.5 cm³/mol. The molecule has 0 radical (unpaired) electrons. The molecule has 0 aromatic heterocycles. The number of phenolic OH excluding ortho intramolecular Hbond substituents is 1. The van der Waals surface area contributed by atoms with Gasteiger partial charge in [-0.25, -0.2) is 0 Å². The van der Waals surface area contributed by atoms with Crippen molar-refractivity contribution in [3.8, 4) is 11.5 Å². The van der Waals surface area contributed by atoms with Crippen molar-refractivity contribution in [1.29, 1.82) is 0 Å². The highest BCUT2D eigenvalue weighted by atomic mass is 16.5. The van der Waals surface area contributed by atoms with Gasteiger partial charge < -0.3 is 9.84 Å². The third kappa shape index (κ3) is 1.49. The van der Waals surface area contributed by atoms with Gasteiger partial charge in [-0.2, -0.15) is 0 Å². The second-order valence-corrected chi connectivity index (χ2v) is 2.92. The fourth-order valence-corrected chi connectivity index (χ4v) is 1.37. The summed E-state index contributed by atoms with van der Waals surface area (Å²) in [5, 5.41) is 9.52. The number of hydrogen-bond acceptors (Lipinski definition) is 3. The van der Waals surface area contributed by atoms with Gasteiger partial charge in [-0.05, 0) is 31.0 Å². The number of carbonyl (C=O) groups excluding carboxylic acids is 1. The first-order chi connectivity index (χ1) is 6.11. The first-order valence-corrected chi connectivity index (χ1v) is 3.94. The lowest BCUT2D eigenvalue weighted by molar-refractivity contribution is 0.111. The summed E-state index contributed by atoms with van der Waals surface area (Å²) in [4.78, 5) is 10.7. The predicted octanol–water partition coefficient (Wildman–Crippen LogP) is 1.83. The Morgan fingerprint density at radius 1 is 1.38 bits per heavy atom. The molecule has 1 N–H and O–H groups in total. The number of carbonyl (C=O) groups is 1. The Morgan fingerprint density at radius 2 is 2.00 bits per heavy atom. The van der Waals surface area contributed by atoms with Crippen LogP contribution in [0.4, 0.5) is 0 Å². The molecule has 1 aromatic carbocycles. The van der Waals surface area contributed by atoms with Crippen molar-refractivity contribution < 1.29 is 14.6 Å². The Balaban J connectivity index is 3.50. The average Bonchev–Trinajstić information content (AvgIpc) is 2.10. The molecule has 70 valence electrons. The van der Waals surface area contributed by atoms with E-state index in [2.05, 4.69) is 0 Å². The standard InChI is InChI=1S/C10H12O3/c1-6-4-7(2)10(13-3)8(5-11)9(6)12/h4-5,12H,1-3H3. The quantitative estimate of drug-likeness (QED) is 0.706. The van der Waals surface area contributed by atoms with E-state index in [1.807, 2.05) is 6.92 Å². The number of aryl methyl sites for hydroxylation is 2. The van der Waals surface area contributed by atoms with Crippen molar-refractivity contribution in [2.45, 2.75) is 13.8 Å². The highest BCUT2D eigenvalue weighted by Gasteiger charge is 2.13. The highest BCUT2D eigenvalue weighted by molar-refractivity contribution is 5.85. The minimum Gasteiger partial charge on any atom is -0.507 e. The van der Waals surface area contributed by atoms with Gasteiger partial charge in [0.1, 0.15) is 11.5 Å². The molecule has 0 aliphatic heterocycles. The number of methoxy groups -OCH3 is 1. The molecular weight excluding hydrogens is 168 g/mol. The van der Waals surface area contributed by atoms with Crippen LogP contribution in [-0.2, 0) is 0 Å². The van der Waals surface area contributed by atoms with Crippen LogP contribution in [0.2, 0.25) is 0 Å². The fraction of sp³-hybridized carbons (Fsp3) is 0.300. The summed E-state index contributed by atoms with van der Waals surface area (Å²) < 4.78 is 5.01. The Hall–Kier alpha value is -1.51. The van der Waals surface area contributed by atoms with E-state index >= 15 is 0 Å². The summed E-state index contributed by atoms with van der Waals surface area (Å²) in [7, 11) is 1.48. The molecule has 1 rings (SSSR count). The largest absolute Gasteiger partial charge is 0.507 e. The van der Waals surface area contributed by atoms with Crippen LogP contribution in [0.3, 0.4) is 0 Å². The van der Waals surface area contributed by atoms with Gasteiger partial charge in [0, 0.05) is 0 Å². The average molecular weight is 180 g/mol. The number of phenols is 1. The first-order valence-electron chi connectivity index (χ1n) is 3.94. The summed E-state index contributed by atoms with van der Waals surface area (Å²) in [6.45, 7) is 3.58. The molecular formula is C10H12O3. The third-order valence-electron chi connectivity index (χ3n) is 1.99. The van der Waals surface area contributed by atoms with Crippen molar-refractivity contribution in [2.75, 3.05) is 7.11 Å². The van der Waals surface area contributed by atoms with E-state index < -0.39 is 0 Å². The molecule has 0 bridgehead atoms. The molecule has 0 saturated heterocycles. The maximum Gasteiger partial charge on any atom is 0.157 e. The van der Waals surface area contributed by atoms with Gasteiger partial charge in [0.15, 0.2) is 6.29 Å². The zero-order valence-corrected chi connectivity index (χ0v) is 7.92. The van der Waals surface area contributed by atoms with Crippen LogP contribution in [-0.4, -0.2) is 18.5 Å². The summed E-state index contributed by atoms with van der Waals surface area (Å²) in [6, 6.07) is 1.78. The van der Waals surface area contributed by atoms with Crippen molar-refractivity contribution in [3.63, 3.8) is 0 Å². The van der Waals surface area contributed by atoms with Gasteiger partial charge in [0.05, 0.1) is 12.7 Å². The van der Waals surface area contributed by atoms with E-state index in [9.17, 15) is 9.90 Å². The number of ether oxygens (including phenoxy) is 1. The summed E-state index contributed by atoms with van der Waals surface area (Å²) >= 11 is 0. The Bertz CT molecular complexity index is 343. The van der Waals surface area contributed by atoms with Crippen LogP contribution >= 0.6 is 0 Å². The van der Waals surface area contributed by atoms with Crippen LogP contribution in [0, 0.1) is 13.8 Å². The minimum absolute atomic E-state index is 0.00236. The van der Waals surface area contributed by atoms with Crippen molar-refractivity contribution >= 4 is 6.29 Å². The molecule has 1 aromatic rings. The van der Waals surface area contributed by atoms with Gasteiger partial charge in [-0.3, -0.25) is 4.79 Å². The summed E-state index contributed by atoms with van der Waals surface area (Å²) in [6.07, 6.45) is 0.605. The zero-order chi connectivity index (χ0) is 10.0. The van der Waals surface area contributed by atoms with Crippen LogP contribution in [0.5, 0.6) is 11.5 Å². The Labute approximate surface area is 77.0 Å². The van der Waals surface area contributed by atoms with Crippen molar-refractivity contribution in [3.05, 3.63) is 22.8 Å². The second-order valence-electron chi connectivity index (χ2n) is 2.92. The molecule has 0 fully saturated rings. The molecule has 0 unspecified atom stereocenters. The molecule has 0 saturated carbocycles. The summed E-state index contributed by atoms with van der Waals surface area (Å²) in [5.74, 6) is 0.440. The number of rotatable bonds is 2. The Kier molecular flexibility index (Phi) is 2.56. The molecule has 0 aliphatic carbocycles. The van der Waals surface area contributed by atoms with Gasteiger partial charge >= 0.3 is 0 Å². The van der Waals surface area contributed by atoms with E-state index in [4.69, 9.17) is 4.74 Å². The smallest absolute Gasteiger partial charge is 0.157 e. The van der Waals surface area contributed by atoms with E-state index in [0.717, 1.165) is 5.56 Å². The molecule has 0 aliphatic rings. The van der Waals surface area contributed by atoms with E-state index in [1.165, 1.54) is 7.11 Å². The lowest BCUT2D eigenvalue weighted by atomic mass is 10.0. The lowest BCUT2D eigenvalue weighted by Crippen LogP contribution is -1.95. The molecule has 0 atom stereocenters. The van der Waals surface area contributed by atoms with Gasteiger partial charge in [-0.15, -0.1) is 0 Å². The maximum absolute atomic E-state index is 10.7. The molecule has 0 amide bonds. The molecule has 0 heterocycles. The maximum atomic E-state index is 10.7. The minimum atomic E-state index is -0.00236. The zero-order valence-electron chi connectivity index (χ0n) is 7.92. The fourth-order valence-electron chi connectivity index (χ4n) is 1.37. The third-order valence-corrected chi connectivity index (χ3v) is 1.99. The van der Waals surface area contributed by atoms with Gasteiger partial charge in [-0.1, -0.05) is 0 Å². The van der Waals surface area contributed by atoms with E-state index in [1.54, 1.807) is 13.0 Å². The lowest BCUT2D eigenvalue weighted by Gasteiger charge is -2.10. The van der Waals surface area contributed by atoms with Crippen LogP contribution < -0.4 is 4.74 Å². The van der Waals surface area contributed by atoms with Crippen LogP contribution in [0.15, 0.2) is 6.07 Å². The molecule has 0 spiro atoms. The SMILES string of the molecule is COc1c(C)cc(C)c(O)c1C=O. The van der Waals surface area contributed by atoms with E-state index in [-0.39, 0.29) is 11.3 Å². The number of benzene rings is 1. The Morgan fingerprint density at radius 3 is 2.46 bits per heavy atom. The second kappa shape index (κ2) is 3.47. The van der Waals surface area contributed by atoms with Gasteiger partial charge in [0.25, 0.3) is 0 Å². The first kappa shape index (κ1) is 9.58. The van der Waals surface area contributed by atoms with Crippen molar-refractivity contribution in [2.24, 2.45) is 0 Å². The normalized spacial score (nSPS) is 9.77. The number of hydrogen-bond donors (Lipinski definition) is 1. The monoisotopic (exact) mass is 180 g/mol. The molecule has 3 nitrogen and oxygen atoms in total. The topological polar surface area (TPSA) is 46.5 Å². The highest BCUT2D eigenvalue weighted by Crippen LogP contribution is 2.32. The number of aldehydes is 1. The van der Waals surface area contributed by atoms with Crippen molar-refractivity contribution in [1.82, 2.24) is 0 Å². The molecule has 3 heteroatoms. The number of aromatic hydroxyl groups is 1. The van der Waals surface area contributed by atoms with Gasteiger partial charge in [0.2, 0.25) is 0 Å². The summed E-state index contributed by atoms with van der Waals surface area (Å²) in [5.41, 5.74) is 1.75. The van der Waals surface area contributed by atoms with Crippen LogP contribution in [0.25, 0.3) is 0 Å². The van der Waals surface area contributed by atoms with E-state index in [0.29, 0.717) is 17.6 Å². The van der Waals surface area contributed by atoms with Crippen LogP contribution in [0.1, 0.15) is 21.5 Å². The molecule has 13 heavy (non-hydrogen) atoms.